The molecule has 0 bridgehead atoms. The molecule has 4 heteroatoms. The summed E-state index contributed by atoms with van der Waals surface area (Å²) in [5, 5.41) is 0. The van der Waals surface area contributed by atoms with Gasteiger partial charge in [-0.2, -0.15) is 0 Å². The van der Waals surface area contributed by atoms with E-state index in [-0.39, 0.29) is 18.3 Å². The van der Waals surface area contributed by atoms with Crippen LogP contribution >= 0.6 is 0 Å². The van der Waals surface area contributed by atoms with Gasteiger partial charge in [-0.1, -0.05) is 29.8 Å². The van der Waals surface area contributed by atoms with Crippen LogP contribution in [0.2, 0.25) is 0 Å². The summed E-state index contributed by atoms with van der Waals surface area (Å²) >= 11 is 0. The van der Waals surface area contributed by atoms with Crippen molar-refractivity contribution in [3.63, 3.8) is 0 Å². The largest absolute Gasteiger partial charge is 0.463 e. The van der Waals surface area contributed by atoms with Crippen molar-refractivity contribution >= 4 is 11.9 Å². The first-order chi connectivity index (χ1) is 9.52. The summed E-state index contributed by atoms with van der Waals surface area (Å²) in [6, 6.07) is 7.80. The zero-order valence-electron chi connectivity index (χ0n) is 11.9. The van der Waals surface area contributed by atoms with E-state index in [2.05, 4.69) is 0 Å². The molecule has 0 N–H and O–H groups in total. The maximum atomic E-state index is 12.1. The third kappa shape index (κ3) is 2.90. The molecule has 20 heavy (non-hydrogen) atoms. The minimum Gasteiger partial charge on any atom is -0.463 e. The molecule has 1 aliphatic heterocycles. The van der Waals surface area contributed by atoms with Gasteiger partial charge in [0.25, 0.3) is 0 Å². The highest BCUT2D eigenvalue weighted by Gasteiger charge is 2.34. The van der Waals surface area contributed by atoms with Gasteiger partial charge < -0.3 is 9.47 Å². The molecule has 1 aromatic rings. The van der Waals surface area contributed by atoms with E-state index in [0.717, 1.165) is 11.1 Å². The SMILES string of the molecule is CCOC(=O)C1=C(C)OC(=O)C[C@H]1c1ccc(C)cc1. The third-order valence-corrected chi connectivity index (χ3v) is 3.34. The second-order valence-corrected chi connectivity index (χ2v) is 4.83. The highest BCUT2D eigenvalue weighted by molar-refractivity contribution is 5.93. The highest BCUT2D eigenvalue weighted by Crippen LogP contribution is 2.35. The van der Waals surface area contributed by atoms with Crippen LogP contribution < -0.4 is 0 Å². The number of hydrogen-bond acceptors (Lipinski definition) is 4. The van der Waals surface area contributed by atoms with Crippen molar-refractivity contribution in [2.45, 2.75) is 33.1 Å². The molecule has 1 aromatic carbocycles. The normalized spacial score (nSPS) is 18.8. The van der Waals surface area contributed by atoms with E-state index in [0.29, 0.717) is 17.9 Å². The van der Waals surface area contributed by atoms with Gasteiger partial charge in [0.05, 0.1) is 18.6 Å². The molecule has 0 radical (unpaired) electrons. The number of carbonyl (C=O) groups is 2. The Morgan fingerprint density at radius 2 is 1.95 bits per heavy atom. The Hall–Kier alpha value is -2.10. The summed E-state index contributed by atoms with van der Waals surface area (Å²) in [6.45, 7) is 5.67. The van der Waals surface area contributed by atoms with Crippen LogP contribution in [-0.4, -0.2) is 18.5 Å². The first kappa shape index (κ1) is 14.3. The molecule has 0 unspecified atom stereocenters. The molecular formula is C16H18O4. The Balaban J connectivity index is 2.41. The number of carbonyl (C=O) groups excluding carboxylic acids is 2. The van der Waals surface area contributed by atoms with Crippen LogP contribution in [0.15, 0.2) is 35.6 Å². The molecule has 0 fully saturated rings. The Morgan fingerprint density at radius 3 is 2.55 bits per heavy atom. The molecule has 1 heterocycles. The van der Waals surface area contributed by atoms with Gasteiger partial charge in [-0.25, -0.2) is 4.79 Å². The second kappa shape index (κ2) is 5.90. The van der Waals surface area contributed by atoms with Crippen molar-refractivity contribution in [1.82, 2.24) is 0 Å². The van der Waals surface area contributed by atoms with E-state index < -0.39 is 5.97 Å². The summed E-state index contributed by atoms with van der Waals surface area (Å²) < 4.78 is 10.2. The Labute approximate surface area is 118 Å². The number of aryl methyl sites for hydroxylation is 1. The lowest BCUT2D eigenvalue weighted by Crippen LogP contribution is -2.25. The molecular weight excluding hydrogens is 256 g/mol. The molecule has 4 nitrogen and oxygen atoms in total. The monoisotopic (exact) mass is 274 g/mol. The van der Waals surface area contributed by atoms with Crippen LogP contribution in [0.5, 0.6) is 0 Å². The first-order valence-electron chi connectivity index (χ1n) is 6.68. The second-order valence-electron chi connectivity index (χ2n) is 4.83. The molecule has 106 valence electrons. The molecule has 1 aliphatic rings. The molecule has 0 aliphatic carbocycles. The number of esters is 2. The van der Waals surface area contributed by atoms with E-state index in [1.807, 2.05) is 31.2 Å². The number of rotatable bonds is 3. The van der Waals surface area contributed by atoms with Crippen LogP contribution in [0, 0.1) is 6.92 Å². The van der Waals surface area contributed by atoms with Gasteiger partial charge in [0.15, 0.2) is 0 Å². The molecule has 2 rings (SSSR count). The minimum absolute atomic E-state index is 0.161. The zero-order valence-corrected chi connectivity index (χ0v) is 11.9. The Kier molecular flexibility index (Phi) is 4.23. The minimum atomic E-state index is -0.414. The lowest BCUT2D eigenvalue weighted by molar-refractivity contribution is -0.144. The summed E-state index contributed by atoms with van der Waals surface area (Å²) in [5.74, 6) is -0.689. The molecule has 0 saturated carbocycles. The van der Waals surface area contributed by atoms with Crippen molar-refractivity contribution in [2.75, 3.05) is 6.61 Å². The van der Waals surface area contributed by atoms with Crippen molar-refractivity contribution in [3.8, 4) is 0 Å². The van der Waals surface area contributed by atoms with Crippen LogP contribution in [0.25, 0.3) is 0 Å². The van der Waals surface area contributed by atoms with E-state index in [1.54, 1.807) is 13.8 Å². The lowest BCUT2D eigenvalue weighted by Gasteiger charge is -2.25. The van der Waals surface area contributed by atoms with Crippen LogP contribution in [0.4, 0.5) is 0 Å². The number of hydrogen-bond donors (Lipinski definition) is 0. The van der Waals surface area contributed by atoms with Crippen molar-refractivity contribution in [2.24, 2.45) is 0 Å². The van der Waals surface area contributed by atoms with E-state index >= 15 is 0 Å². The number of cyclic esters (lactones) is 1. The average molecular weight is 274 g/mol. The topological polar surface area (TPSA) is 52.6 Å². The molecule has 0 saturated heterocycles. The summed E-state index contributed by atoms with van der Waals surface area (Å²) in [6.07, 6.45) is 0.161. The molecule has 0 aromatic heterocycles. The van der Waals surface area contributed by atoms with Gasteiger partial charge in [-0.3, -0.25) is 4.79 Å². The van der Waals surface area contributed by atoms with Gasteiger partial charge in [0.2, 0.25) is 0 Å². The van der Waals surface area contributed by atoms with Crippen LogP contribution in [-0.2, 0) is 19.1 Å². The average Bonchev–Trinajstić information content (AvgIpc) is 2.38. The lowest BCUT2D eigenvalue weighted by atomic mass is 9.86. The molecule has 0 spiro atoms. The van der Waals surface area contributed by atoms with Gasteiger partial charge >= 0.3 is 11.9 Å². The van der Waals surface area contributed by atoms with Gasteiger partial charge in [0.1, 0.15) is 5.76 Å². The number of benzene rings is 1. The van der Waals surface area contributed by atoms with Crippen molar-refractivity contribution < 1.29 is 19.1 Å². The predicted octanol–water partition coefficient (Wildman–Crippen LogP) is 2.86. The molecule has 1 atom stereocenters. The van der Waals surface area contributed by atoms with Crippen LogP contribution in [0.1, 0.15) is 37.3 Å². The zero-order chi connectivity index (χ0) is 14.7. The van der Waals surface area contributed by atoms with Gasteiger partial charge in [0, 0.05) is 5.92 Å². The number of allylic oxidation sites excluding steroid dienone is 1. The molecule has 0 amide bonds. The Bertz CT molecular complexity index is 554. The fraction of sp³-hybridized carbons (Fsp3) is 0.375. The summed E-state index contributed by atoms with van der Waals surface area (Å²) in [5.41, 5.74) is 2.50. The maximum Gasteiger partial charge on any atom is 0.338 e. The van der Waals surface area contributed by atoms with Crippen molar-refractivity contribution in [3.05, 3.63) is 46.7 Å². The fourth-order valence-corrected chi connectivity index (χ4v) is 2.36. The van der Waals surface area contributed by atoms with Gasteiger partial charge in [-0.05, 0) is 26.3 Å². The highest BCUT2D eigenvalue weighted by atomic mass is 16.5. The van der Waals surface area contributed by atoms with Crippen molar-refractivity contribution in [1.29, 1.82) is 0 Å². The third-order valence-electron chi connectivity index (χ3n) is 3.34. The first-order valence-corrected chi connectivity index (χ1v) is 6.68. The van der Waals surface area contributed by atoms with Crippen LogP contribution in [0.3, 0.4) is 0 Å². The van der Waals surface area contributed by atoms with E-state index in [1.165, 1.54) is 0 Å². The summed E-state index contributed by atoms with van der Waals surface area (Å²) in [7, 11) is 0. The summed E-state index contributed by atoms with van der Waals surface area (Å²) in [4.78, 5) is 23.7. The van der Waals surface area contributed by atoms with Gasteiger partial charge in [-0.15, -0.1) is 0 Å². The Morgan fingerprint density at radius 1 is 1.30 bits per heavy atom. The van der Waals surface area contributed by atoms with E-state index in [9.17, 15) is 9.59 Å². The smallest absolute Gasteiger partial charge is 0.338 e. The number of ether oxygens (including phenoxy) is 2. The fourth-order valence-electron chi connectivity index (χ4n) is 2.36. The standard InChI is InChI=1S/C16H18O4/c1-4-19-16(18)15-11(3)20-14(17)9-13(15)12-7-5-10(2)6-8-12/h5-8,13H,4,9H2,1-3H3/t13-/m0/s1. The predicted molar refractivity (Wildman–Crippen MR) is 74.0 cm³/mol. The maximum absolute atomic E-state index is 12.1. The quantitative estimate of drug-likeness (QED) is 0.795. The van der Waals surface area contributed by atoms with E-state index in [4.69, 9.17) is 9.47 Å².